The molecule has 0 aromatic carbocycles. The van der Waals surface area contributed by atoms with Gasteiger partial charge in [0.2, 0.25) is 0 Å². The van der Waals surface area contributed by atoms with E-state index in [1.165, 1.54) is 12.8 Å². The second kappa shape index (κ2) is 3.22. The summed E-state index contributed by atoms with van der Waals surface area (Å²) >= 11 is 0. The molecule has 64 valence electrons. The third-order valence-corrected chi connectivity index (χ3v) is 2.65. The smallest absolute Gasteiger partial charge is 0.119 e. The molecule has 0 aromatic rings. The molecule has 0 saturated carbocycles. The summed E-state index contributed by atoms with van der Waals surface area (Å²) < 4.78 is 0.738. The first kappa shape index (κ1) is 8.53. The van der Waals surface area contributed by atoms with Crippen LogP contribution >= 0.6 is 0 Å². The predicted octanol–water partition coefficient (Wildman–Crippen LogP) is -0.633. The van der Waals surface area contributed by atoms with Crippen LogP contribution in [0.4, 0.5) is 0 Å². The summed E-state index contributed by atoms with van der Waals surface area (Å²) in [5, 5.41) is 10.4. The minimum Gasteiger partial charge on any atom is -0.544 e. The first-order valence-corrected chi connectivity index (χ1v) is 4.23. The molecule has 1 aliphatic rings. The van der Waals surface area contributed by atoms with Gasteiger partial charge in [0.1, 0.15) is 6.54 Å². The molecular formula is C8H15NO2. The highest BCUT2D eigenvalue weighted by atomic mass is 16.4. The number of hydrogen-bond acceptors (Lipinski definition) is 2. The number of carboxylic acid groups (broad SMARTS) is 1. The van der Waals surface area contributed by atoms with Crippen LogP contribution < -0.4 is 5.11 Å². The SMILES string of the molecule is CC[N+]1(CC(=O)[O-])CCCC1. The van der Waals surface area contributed by atoms with Gasteiger partial charge in [-0.3, -0.25) is 0 Å². The molecule has 0 radical (unpaired) electrons. The highest BCUT2D eigenvalue weighted by Crippen LogP contribution is 2.17. The average molecular weight is 157 g/mol. The number of aliphatic carboxylic acids is 1. The molecule has 1 aliphatic heterocycles. The van der Waals surface area contributed by atoms with Crippen LogP contribution in [-0.2, 0) is 4.79 Å². The van der Waals surface area contributed by atoms with Crippen LogP contribution in [0.5, 0.6) is 0 Å². The topological polar surface area (TPSA) is 40.1 Å². The zero-order chi connectivity index (χ0) is 8.32. The summed E-state index contributed by atoms with van der Waals surface area (Å²) in [6, 6.07) is 0. The number of nitrogens with zero attached hydrogens (tertiary/aromatic N) is 1. The van der Waals surface area contributed by atoms with Gasteiger partial charge in [0, 0.05) is 12.8 Å². The van der Waals surface area contributed by atoms with Gasteiger partial charge in [-0.1, -0.05) is 0 Å². The summed E-state index contributed by atoms with van der Waals surface area (Å²) in [6.07, 6.45) is 2.34. The predicted molar refractivity (Wildman–Crippen MR) is 39.6 cm³/mol. The van der Waals surface area contributed by atoms with Gasteiger partial charge in [-0.05, 0) is 6.92 Å². The van der Waals surface area contributed by atoms with E-state index in [-0.39, 0.29) is 6.54 Å². The standard InChI is InChI=1S/C8H15NO2/c1-2-9(7-8(10)11)5-3-4-6-9/h2-7H2,1H3. The number of carbonyl (C=O) groups excluding carboxylic acids is 1. The Morgan fingerprint density at radius 3 is 2.36 bits per heavy atom. The number of carboxylic acids is 1. The Morgan fingerprint density at radius 2 is 2.00 bits per heavy atom. The number of hydrogen-bond donors (Lipinski definition) is 0. The lowest BCUT2D eigenvalue weighted by molar-refractivity contribution is -0.909. The van der Waals surface area contributed by atoms with Crippen molar-refractivity contribution in [2.24, 2.45) is 0 Å². The maximum absolute atomic E-state index is 10.4. The highest BCUT2D eigenvalue weighted by Gasteiger charge is 2.29. The van der Waals surface area contributed by atoms with E-state index in [1.807, 2.05) is 6.92 Å². The van der Waals surface area contributed by atoms with Crippen molar-refractivity contribution in [3.8, 4) is 0 Å². The lowest BCUT2D eigenvalue weighted by atomic mass is 10.4. The number of likely N-dealkylation sites (tertiary alicyclic amines) is 1. The van der Waals surface area contributed by atoms with Crippen molar-refractivity contribution in [2.45, 2.75) is 19.8 Å². The quantitative estimate of drug-likeness (QED) is 0.512. The molecule has 0 spiro atoms. The van der Waals surface area contributed by atoms with Gasteiger partial charge in [-0.2, -0.15) is 0 Å². The molecule has 1 rings (SSSR count). The highest BCUT2D eigenvalue weighted by molar-refractivity contribution is 5.65. The Kier molecular flexibility index (Phi) is 2.49. The van der Waals surface area contributed by atoms with Crippen molar-refractivity contribution in [3.63, 3.8) is 0 Å². The van der Waals surface area contributed by atoms with E-state index in [0.29, 0.717) is 0 Å². The van der Waals surface area contributed by atoms with Crippen LogP contribution in [0.3, 0.4) is 0 Å². The molecule has 0 amide bonds. The summed E-state index contributed by atoms with van der Waals surface area (Å²) in [5.41, 5.74) is 0. The number of carbonyl (C=O) groups is 1. The first-order valence-electron chi connectivity index (χ1n) is 4.23. The third-order valence-electron chi connectivity index (χ3n) is 2.65. The molecule has 0 atom stereocenters. The number of rotatable bonds is 3. The zero-order valence-corrected chi connectivity index (χ0v) is 7.01. The molecule has 3 heteroatoms. The van der Waals surface area contributed by atoms with Gasteiger partial charge in [-0.25, -0.2) is 0 Å². The Balaban J connectivity index is 2.52. The van der Waals surface area contributed by atoms with Crippen molar-refractivity contribution in [2.75, 3.05) is 26.2 Å². The van der Waals surface area contributed by atoms with Gasteiger partial charge < -0.3 is 14.4 Å². The Hall–Kier alpha value is -0.570. The van der Waals surface area contributed by atoms with E-state index in [0.717, 1.165) is 24.1 Å². The fraction of sp³-hybridized carbons (Fsp3) is 0.875. The van der Waals surface area contributed by atoms with Gasteiger partial charge in [0.25, 0.3) is 0 Å². The molecule has 3 nitrogen and oxygen atoms in total. The van der Waals surface area contributed by atoms with Crippen molar-refractivity contribution < 1.29 is 14.4 Å². The molecule has 1 saturated heterocycles. The molecule has 0 unspecified atom stereocenters. The summed E-state index contributed by atoms with van der Waals surface area (Å²) in [5.74, 6) is -0.909. The van der Waals surface area contributed by atoms with E-state index in [1.54, 1.807) is 0 Å². The van der Waals surface area contributed by atoms with Crippen molar-refractivity contribution >= 4 is 5.97 Å². The maximum Gasteiger partial charge on any atom is 0.119 e. The lowest BCUT2D eigenvalue weighted by Gasteiger charge is -2.33. The minimum atomic E-state index is -0.909. The third kappa shape index (κ3) is 1.93. The molecular weight excluding hydrogens is 142 g/mol. The molecule has 1 fully saturated rings. The number of likely N-dealkylation sites (N-methyl/N-ethyl adjacent to an activating group) is 1. The van der Waals surface area contributed by atoms with E-state index < -0.39 is 5.97 Å². The average Bonchev–Trinajstić information content (AvgIpc) is 2.36. The van der Waals surface area contributed by atoms with Crippen molar-refractivity contribution in [3.05, 3.63) is 0 Å². The Morgan fingerprint density at radius 1 is 1.45 bits per heavy atom. The molecule has 0 bridgehead atoms. The largest absolute Gasteiger partial charge is 0.544 e. The molecule has 0 N–H and O–H groups in total. The first-order chi connectivity index (χ1) is 5.18. The molecule has 0 aliphatic carbocycles. The van der Waals surface area contributed by atoms with Crippen LogP contribution in [-0.4, -0.2) is 36.6 Å². The van der Waals surface area contributed by atoms with Gasteiger partial charge in [-0.15, -0.1) is 0 Å². The minimum absolute atomic E-state index is 0.205. The fourth-order valence-electron chi connectivity index (χ4n) is 1.87. The lowest BCUT2D eigenvalue weighted by Crippen LogP contribution is -2.52. The van der Waals surface area contributed by atoms with Gasteiger partial charge in [0.15, 0.2) is 0 Å². The summed E-state index contributed by atoms with van der Waals surface area (Å²) in [6.45, 7) is 5.22. The molecule has 1 heterocycles. The fourth-order valence-corrected chi connectivity index (χ4v) is 1.87. The van der Waals surface area contributed by atoms with E-state index >= 15 is 0 Å². The van der Waals surface area contributed by atoms with Crippen LogP contribution in [0.2, 0.25) is 0 Å². The van der Waals surface area contributed by atoms with E-state index in [4.69, 9.17) is 0 Å². The van der Waals surface area contributed by atoms with Gasteiger partial charge >= 0.3 is 0 Å². The van der Waals surface area contributed by atoms with E-state index in [9.17, 15) is 9.90 Å². The molecule has 11 heavy (non-hydrogen) atoms. The maximum atomic E-state index is 10.4. The number of quaternary nitrogens is 1. The summed E-state index contributed by atoms with van der Waals surface area (Å²) in [7, 11) is 0. The Labute approximate surface area is 67.2 Å². The van der Waals surface area contributed by atoms with Crippen LogP contribution in [0.15, 0.2) is 0 Å². The normalized spacial score (nSPS) is 21.9. The van der Waals surface area contributed by atoms with Gasteiger partial charge in [0.05, 0.1) is 25.6 Å². The second-order valence-corrected chi connectivity index (χ2v) is 3.34. The zero-order valence-electron chi connectivity index (χ0n) is 7.01. The second-order valence-electron chi connectivity index (χ2n) is 3.34. The van der Waals surface area contributed by atoms with E-state index in [2.05, 4.69) is 0 Å². The van der Waals surface area contributed by atoms with Crippen molar-refractivity contribution in [1.82, 2.24) is 0 Å². The van der Waals surface area contributed by atoms with Crippen molar-refractivity contribution in [1.29, 1.82) is 0 Å². The molecule has 0 aromatic heterocycles. The monoisotopic (exact) mass is 157 g/mol. The summed E-state index contributed by atoms with van der Waals surface area (Å²) in [4.78, 5) is 10.4. The van der Waals surface area contributed by atoms with Crippen LogP contribution in [0, 0.1) is 0 Å². The Bertz CT molecular complexity index is 150. The van der Waals surface area contributed by atoms with Crippen LogP contribution in [0.25, 0.3) is 0 Å². The van der Waals surface area contributed by atoms with Crippen LogP contribution in [0.1, 0.15) is 19.8 Å².